The minimum absolute atomic E-state index is 0.0244. The number of fused-ring (bicyclic) bond motifs is 2. The number of esters is 1. The van der Waals surface area contributed by atoms with Crippen LogP contribution in [0.2, 0.25) is 0 Å². The molecule has 0 fully saturated rings. The molecule has 176 valence electrons. The number of para-hydroxylation sites is 1. The van der Waals surface area contributed by atoms with Crippen molar-refractivity contribution < 1.29 is 14.3 Å². The lowest BCUT2D eigenvalue weighted by atomic mass is 9.86. The van der Waals surface area contributed by atoms with Crippen LogP contribution in [0.15, 0.2) is 48.5 Å². The summed E-state index contributed by atoms with van der Waals surface area (Å²) < 4.78 is 10.9. The lowest BCUT2D eigenvalue weighted by Crippen LogP contribution is -2.16. The second-order valence-corrected chi connectivity index (χ2v) is 8.17. The Bertz CT molecular complexity index is 1430. The number of carbonyl (C=O) groups is 1. The van der Waals surface area contributed by atoms with E-state index in [1.807, 2.05) is 48.5 Å². The predicted octanol–water partition coefficient (Wildman–Crippen LogP) is 3.83. The Hall–Kier alpha value is -4.53. The molecule has 0 aliphatic heterocycles. The Balaban J connectivity index is 1.55. The first-order chi connectivity index (χ1) is 17.0. The molecule has 1 aliphatic rings. The molecule has 5 rings (SSSR count). The van der Waals surface area contributed by atoms with E-state index in [0.717, 1.165) is 58.3 Å². The van der Waals surface area contributed by atoms with Crippen LogP contribution in [0, 0.1) is 0 Å². The number of allylic oxidation sites excluding steroid dienone is 1. The van der Waals surface area contributed by atoms with Crippen molar-refractivity contribution >= 4 is 40.4 Å². The molecule has 0 spiro atoms. The highest BCUT2D eigenvalue weighted by Crippen LogP contribution is 2.36. The van der Waals surface area contributed by atoms with Gasteiger partial charge in [-0.1, -0.05) is 30.3 Å². The third-order valence-electron chi connectivity index (χ3n) is 5.88. The van der Waals surface area contributed by atoms with Gasteiger partial charge in [0, 0.05) is 5.39 Å². The van der Waals surface area contributed by atoms with Gasteiger partial charge in [-0.3, -0.25) is 0 Å². The molecule has 0 atom stereocenters. The van der Waals surface area contributed by atoms with Gasteiger partial charge in [-0.2, -0.15) is 15.0 Å². The summed E-state index contributed by atoms with van der Waals surface area (Å²) in [5.74, 6) is 0.470. The average Bonchev–Trinajstić information content (AvgIpc) is 2.86. The molecule has 9 heteroatoms. The molecule has 35 heavy (non-hydrogen) atoms. The van der Waals surface area contributed by atoms with Gasteiger partial charge in [-0.15, -0.1) is 0 Å². The number of anilines is 2. The van der Waals surface area contributed by atoms with Crippen molar-refractivity contribution in [1.82, 2.24) is 19.9 Å². The number of hydrogen-bond donors (Lipinski definition) is 2. The average molecular weight is 469 g/mol. The first kappa shape index (κ1) is 22.3. The Labute approximate surface area is 201 Å². The Morgan fingerprint density at radius 2 is 1.71 bits per heavy atom. The van der Waals surface area contributed by atoms with Crippen LogP contribution < -0.4 is 16.2 Å². The number of methoxy groups -OCH3 is 1. The molecule has 0 amide bonds. The number of ether oxygens (including phenoxy) is 2. The number of aromatic nitrogens is 4. The Morgan fingerprint density at radius 3 is 2.46 bits per heavy atom. The van der Waals surface area contributed by atoms with Crippen molar-refractivity contribution in [2.24, 2.45) is 0 Å². The van der Waals surface area contributed by atoms with Crippen molar-refractivity contribution in [3.05, 3.63) is 76.7 Å². The number of rotatable bonds is 5. The largest absolute Gasteiger partial charge is 0.497 e. The highest BCUT2D eigenvalue weighted by Gasteiger charge is 2.26. The highest BCUT2D eigenvalue weighted by molar-refractivity contribution is 6.06. The summed E-state index contributed by atoms with van der Waals surface area (Å²) in [6, 6.07) is 15.4. The van der Waals surface area contributed by atoms with Gasteiger partial charge in [0.2, 0.25) is 11.9 Å². The van der Waals surface area contributed by atoms with Gasteiger partial charge < -0.3 is 20.9 Å². The van der Waals surface area contributed by atoms with Crippen LogP contribution in [0.4, 0.5) is 11.9 Å². The van der Waals surface area contributed by atoms with Gasteiger partial charge in [0.15, 0.2) is 12.4 Å². The lowest BCUT2D eigenvalue weighted by Gasteiger charge is -2.22. The highest BCUT2D eigenvalue weighted by atomic mass is 16.5. The van der Waals surface area contributed by atoms with E-state index in [4.69, 9.17) is 25.9 Å². The van der Waals surface area contributed by atoms with Crippen LogP contribution >= 0.6 is 0 Å². The lowest BCUT2D eigenvalue weighted by molar-refractivity contribution is 0.0463. The quantitative estimate of drug-likeness (QED) is 0.418. The van der Waals surface area contributed by atoms with Gasteiger partial charge >= 0.3 is 5.97 Å². The van der Waals surface area contributed by atoms with E-state index < -0.39 is 5.97 Å². The maximum atomic E-state index is 13.4. The number of carbonyl (C=O) groups excluding carboxylic acids is 1. The standard InChI is InChI=1S/C26H24N6O3/c1-34-17-11-9-15(10-12-17)13-16-5-4-7-19-22(18-6-2-3-8-20(18)29-23(16)19)24(33)35-14-21-30-25(27)32-26(28)31-21/h2-3,6,8-13H,4-5,7,14H2,1H3,(H4,27,28,30,31,32)/b16-13+. The Morgan fingerprint density at radius 1 is 0.971 bits per heavy atom. The molecule has 2 aromatic heterocycles. The summed E-state index contributed by atoms with van der Waals surface area (Å²) in [6.07, 6.45) is 4.60. The number of nitrogen functional groups attached to an aromatic ring is 2. The van der Waals surface area contributed by atoms with E-state index in [2.05, 4.69) is 21.0 Å². The molecule has 0 radical (unpaired) electrons. The fourth-order valence-corrected chi connectivity index (χ4v) is 4.33. The number of pyridine rings is 1. The smallest absolute Gasteiger partial charge is 0.339 e. The first-order valence-electron chi connectivity index (χ1n) is 11.2. The van der Waals surface area contributed by atoms with Crippen LogP contribution in [0.3, 0.4) is 0 Å². The van der Waals surface area contributed by atoms with Crippen molar-refractivity contribution in [1.29, 1.82) is 0 Å². The van der Waals surface area contributed by atoms with E-state index in [9.17, 15) is 4.79 Å². The molecule has 0 saturated heterocycles. The van der Waals surface area contributed by atoms with Gasteiger partial charge in [0.05, 0.1) is 23.9 Å². The van der Waals surface area contributed by atoms with Crippen molar-refractivity contribution in [2.45, 2.75) is 25.9 Å². The second kappa shape index (κ2) is 9.38. The number of benzene rings is 2. The molecule has 1 aliphatic carbocycles. The van der Waals surface area contributed by atoms with E-state index >= 15 is 0 Å². The van der Waals surface area contributed by atoms with E-state index in [1.54, 1.807) is 7.11 Å². The van der Waals surface area contributed by atoms with Gasteiger partial charge in [-0.05, 0) is 60.2 Å². The van der Waals surface area contributed by atoms with Gasteiger partial charge in [0.1, 0.15) is 5.75 Å². The summed E-state index contributed by atoms with van der Waals surface area (Å²) >= 11 is 0. The number of nitrogens with zero attached hydrogens (tertiary/aromatic N) is 4. The molecule has 0 saturated carbocycles. The molecule has 0 unspecified atom stereocenters. The molecule has 4 aromatic rings. The summed E-state index contributed by atoms with van der Waals surface area (Å²) in [7, 11) is 1.64. The first-order valence-corrected chi connectivity index (χ1v) is 11.2. The number of nitrogens with two attached hydrogens (primary N) is 2. The SMILES string of the molecule is COc1ccc(/C=C2\CCCc3c2nc2ccccc2c3C(=O)OCc2nc(N)nc(N)n2)cc1. The van der Waals surface area contributed by atoms with Gasteiger partial charge in [-0.25, -0.2) is 9.78 Å². The van der Waals surface area contributed by atoms with Gasteiger partial charge in [0.25, 0.3) is 0 Å². The molecule has 0 bridgehead atoms. The predicted molar refractivity (Wildman–Crippen MR) is 133 cm³/mol. The monoisotopic (exact) mass is 468 g/mol. The minimum atomic E-state index is -0.469. The van der Waals surface area contributed by atoms with Crippen LogP contribution in [0.5, 0.6) is 5.75 Å². The molecule has 2 heterocycles. The van der Waals surface area contributed by atoms with Crippen molar-refractivity contribution in [2.75, 3.05) is 18.6 Å². The summed E-state index contributed by atoms with van der Waals surface area (Å²) in [6.45, 7) is -0.171. The third kappa shape index (κ3) is 4.61. The van der Waals surface area contributed by atoms with Crippen LogP contribution in [0.25, 0.3) is 22.6 Å². The maximum Gasteiger partial charge on any atom is 0.339 e. The molecule has 2 aromatic carbocycles. The molecular formula is C26H24N6O3. The molecular weight excluding hydrogens is 444 g/mol. The second-order valence-electron chi connectivity index (χ2n) is 8.17. The van der Waals surface area contributed by atoms with Crippen molar-refractivity contribution in [3.8, 4) is 5.75 Å². The van der Waals surface area contributed by atoms with E-state index in [-0.39, 0.29) is 24.3 Å². The normalized spacial score (nSPS) is 14.0. The summed E-state index contributed by atoms with van der Waals surface area (Å²) in [5.41, 5.74) is 16.3. The summed E-state index contributed by atoms with van der Waals surface area (Å²) in [4.78, 5) is 30.1. The van der Waals surface area contributed by atoms with E-state index in [1.165, 1.54) is 0 Å². The fourth-order valence-electron chi connectivity index (χ4n) is 4.33. The minimum Gasteiger partial charge on any atom is -0.497 e. The molecule has 9 nitrogen and oxygen atoms in total. The van der Waals surface area contributed by atoms with Crippen LogP contribution in [-0.4, -0.2) is 33.0 Å². The van der Waals surface area contributed by atoms with Crippen molar-refractivity contribution in [3.63, 3.8) is 0 Å². The zero-order valence-corrected chi connectivity index (χ0v) is 19.2. The zero-order chi connectivity index (χ0) is 24.4. The fraction of sp³-hybridized carbons (Fsp3) is 0.192. The maximum absolute atomic E-state index is 13.4. The van der Waals surface area contributed by atoms with E-state index in [0.29, 0.717) is 5.56 Å². The summed E-state index contributed by atoms with van der Waals surface area (Å²) in [5, 5.41) is 0.747. The molecule has 4 N–H and O–H groups in total. The zero-order valence-electron chi connectivity index (χ0n) is 19.2. The Kier molecular flexibility index (Phi) is 5.97. The van der Waals surface area contributed by atoms with Crippen LogP contribution in [0.1, 0.15) is 45.8 Å². The van der Waals surface area contributed by atoms with Crippen LogP contribution in [-0.2, 0) is 17.8 Å². The third-order valence-corrected chi connectivity index (χ3v) is 5.88. The topological polar surface area (TPSA) is 139 Å². The number of hydrogen-bond acceptors (Lipinski definition) is 9.